The van der Waals surface area contributed by atoms with E-state index >= 15 is 0 Å². The number of rotatable bonds is 3. The summed E-state index contributed by atoms with van der Waals surface area (Å²) in [7, 11) is 0. The molecule has 0 saturated carbocycles. The number of carbonyl (C=O) groups excluding carboxylic acids is 1. The van der Waals surface area contributed by atoms with E-state index in [0.717, 1.165) is 11.1 Å². The van der Waals surface area contributed by atoms with Crippen molar-refractivity contribution in [1.82, 2.24) is 0 Å². The van der Waals surface area contributed by atoms with Crippen molar-refractivity contribution in [3.05, 3.63) is 48.0 Å². The van der Waals surface area contributed by atoms with Gasteiger partial charge in [0.2, 0.25) is 0 Å². The highest BCUT2D eigenvalue weighted by Crippen LogP contribution is 2.11. The molecule has 0 fully saturated rings. The van der Waals surface area contributed by atoms with E-state index in [9.17, 15) is 4.79 Å². The van der Waals surface area contributed by atoms with Crippen LogP contribution in [0.25, 0.3) is 12.2 Å². The third-order valence-corrected chi connectivity index (χ3v) is 1.71. The fraction of sp³-hybridized carbons (Fsp3) is 0.0833. The molecule has 0 aromatic heterocycles. The van der Waals surface area contributed by atoms with Crippen molar-refractivity contribution < 1.29 is 4.79 Å². The number of allylic oxidation sites excluding steroid dienone is 1. The molecule has 0 unspecified atom stereocenters. The van der Waals surface area contributed by atoms with Gasteiger partial charge in [-0.15, -0.1) is 0 Å². The van der Waals surface area contributed by atoms with Crippen LogP contribution in [-0.2, 0) is 4.79 Å². The van der Waals surface area contributed by atoms with E-state index < -0.39 is 0 Å². The molecule has 0 aliphatic heterocycles. The van der Waals surface area contributed by atoms with Gasteiger partial charge in [0.25, 0.3) is 0 Å². The molecule has 0 bridgehead atoms. The number of ketones is 1. The molecule has 0 aliphatic rings. The molecule has 1 aromatic rings. The first-order valence-electron chi connectivity index (χ1n) is 4.14. The van der Waals surface area contributed by atoms with E-state index in [2.05, 4.69) is 6.58 Å². The van der Waals surface area contributed by atoms with Gasteiger partial charge in [-0.1, -0.05) is 43.0 Å². The van der Waals surface area contributed by atoms with Crippen LogP contribution >= 0.6 is 0 Å². The van der Waals surface area contributed by atoms with E-state index in [0.29, 0.717) is 0 Å². The minimum Gasteiger partial charge on any atom is -0.295 e. The average Bonchev–Trinajstić information content (AvgIpc) is 2.15. The fourth-order valence-electron chi connectivity index (χ4n) is 1.06. The summed E-state index contributed by atoms with van der Waals surface area (Å²) >= 11 is 0. The maximum Gasteiger partial charge on any atom is 0.152 e. The van der Waals surface area contributed by atoms with Crippen LogP contribution in [0.15, 0.2) is 36.9 Å². The lowest BCUT2D eigenvalue weighted by molar-refractivity contribution is -0.112. The number of benzene rings is 1. The van der Waals surface area contributed by atoms with Crippen LogP contribution in [0.4, 0.5) is 0 Å². The lowest BCUT2D eigenvalue weighted by Gasteiger charge is -1.98. The van der Waals surface area contributed by atoms with Crippen LogP contribution in [0.1, 0.15) is 18.1 Å². The highest BCUT2D eigenvalue weighted by atomic mass is 16.1. The van der Waals surface area contributed by atoms with Crippen molar-refractivity contribution >= 4 is 17.9 Å². The van der Waals surface area contributed by atoms with Crippen LogP contribution in [0.2, 0.25) is 0 Å². The molecule has 0 N–H and O–H groups in total. The third kappa shape index (κ3) is 2.71. The minimum absolute atomic E-state index is 0.0545. The van der Waals surface area contributed by atoms with Crippen LogP contribution in [0.5, 0.6) is 0 Å². The lowest BCUT2D eigenvalue weighted by atomic mass is 10.1. The predicted molar refractivity (Wildman–Crippen MR) is 56.2 cm³/mol. The second kappa shape index (κ2) is 4.41. The van der Waals surface area contributed by atoms with Crippen molar-refractivity contribution in [2.24, 2.45) is 0 Å². The lowest BCUT2D eigenvalue weighted by Crippen LogP contribution is -1.82. The van der Waals surface area contributed by atoms with Gasteiger partial charge in [0.05, 0.1) is 0 Å². The van der Waals surface area contributed by atoms with E-state index in [1.165, 1.54) is 6.92 Å². The molecule has 1 nitrogen and oxygen atoms in total. The molecule has 0 aliphatic carbocycles. The summed E-state index contributed by atoms with van der Waals surface area (Å²) in [6.07, 6.45) is 5.14. The normalized spacial score (nSPS) is 10.2. The molecule has 66 valence electrons. The van der Waals surface area contributed by atoms with Crippen molar-refractivity contribution in [1.29, 1.82) is 0 Å². The highest BCUT2D eigenvalue weighted by Gasteiger charge is 1.92. The number of carbonyl (C=O) groups is 1. The summed E-state index contributed by atoms with van der Waals surface area (Å²) in [5.41, 5.74) is 2.06. The van der Waals surface area contributed by atoms with E-state index in [4.69, 9.17) is 0 Å². The standard InChI is InChI=1S/C12H12O/c1-3-11-6-4-5-7-12(11)9-8-10(2)13/h3-9H,1H2,2H3/b9-8+. The first-order valence-corrected chi connectivity index (χ1v) is 4.14. The van der Waals surface area contributed by atoms with Gasteiger partial charge < -0.3 is 0 Å². The number of hydrogen-bond acceptors (Lipinski definition) is 1. The zero-order valence-electron chi connectivity index (χ0n) is 7.66. The van der Waals surface area contributed by atoms with Crippen LogP contribution in [0.3, 0.4) is 0 Å². The van der Waals surface area contributed by atoms with Gasteiger partial charge >= 0.3 is 0 Å². The number of hydrogen-bond donors (Lipinski definition) is 0. The fourth-order valence-corrected chi connectivity index (χ4v) is 1.06. The second-order valence-corrected chi connectivity index (χ2v) is 2.78. The molecule has 0 radical (unpaired) electrons. The first-order chi connectivity index (χ1) is 6.24. The Bertz CT molecular complexity index is 348. The van der Waals surface area contributed by atoms with E-state index in [1.807, 2.05) is 24.3 Å². The van der Waals surface area contributed by atoms with Crippen molar-refractivity contribution in [3.63, 3.8) is 0 Å². The molecule has 0 spiro atoms. The van der Waals surface area contributed by atoms with Crippen LogP contribution in [0, 0.1) is 0 Å². The Kier molecular flexibility index (Phi) is 3.21. The van der Waals surface area contributed by atoms with Gasteiger partial charge in [-0.05, 0) is 24.1 Å². The highest BCUT2D eigenvalue weighted by molar-refractivity contribution is 5.92. The Morgan fingerprint density at radius 2 is 1.92 bits per heavy atom. The van der Waals surface area contributed by atoms with Crippen molar-refractivity contribution in [2.75, 3.05) is 0 Å². The van der Waals surface area contributed by atoms with Gasteiger partial charge in [0, 0.05) is 0 Å². The Hall–Kier alpha value is -1.63. The van der Waals surface area contributed by atoms with Gasteiger partial charge in [-0.3, -0.25) is 4.79 Å². The zero-order chi connectivity index (χ0) is 9.68. The average molecular weight is 172 g/mol. The van der Waals surface area contributed by atoms with Crippen LogP contribution < -0.4 is 0 Å². The molecular formula is C12H12O. The zero-order valence-corrected chi connectivity index (χ0v) is 7.66. The quantitative estimate of drug-likeness (QED) is 0.641. The second-order valence-electron chi connectivity index (χ2n) is 2.78. The maximum absolute atomic E-state index is 10.7. The van der Waals surface area contributed by atoms with Gasteiger partial charge in [-0.25, -0.2) is 0 Å². The Morgan fingerprint density at radius 3 is 2.46 bits per heavy atom. The summed E-state index contributed by atoms with van der Waals surface area (Å²) in [6.45, 7) is 5.23. The van der Waals surface area contributed by atoms with Gasteiger partial charge in [0.15, 0.2) is 5.78 Å². The van der Waals surface area contributed by atoms with Crippen LogP contribution in [-0.4, -0.2) is 5.78 Å². The summed E-state index contributed by atoms with van der Waals surface area (Å²) < 4.78 is 0. The molecule has 0 saturated heterocycles. The molecule has 1 rings (SSSR count). The molecule has 1 heteroatoms. The predicted octanol–water partition coefficient (Wildman–Crippen LogP) is 2.93. The molecular weight excluding hydrogens is 160 g/mol. The largest absolute Gasteiger partial charge is 0.295 e. The summed E-state index contributed by atoms with van der Waals surface area (Å²) in [5, 5.41) is 0. The monoisotopic (exact) mass is 172 g/mol. The van der Waals surface area contributed by atoms with Gasteiger partial charge in [0.1, 0.15) is 0 Å². The smallest absolute Gasteiger partial charge is 0.152 e. The maximum atomic E-state index is 10.7. The molecule has 0 heterocycles. The molecule has 0 amide bonds. The van der Waals surface area contributed by atoms with Crippen molar-refractivity contribution in [2.45, 2.75) is 6.92 Å². The minimum atomic E-state index is 0.0545. The Labute approximate surface area is 78.4 Å². The summed E-state index contributed by atoms with van der Waals surface area (Å²) in [4.78, 5) is 10.7. The SMILES string of the molecule is C=Cc1ccccc1/C=C/C(C)=O. The summed E-state index contributed by atoms with van der Waals surface area (Å²) in [6, 6.07) is 7.80. The molecule has 13 heavy (non-hydrogen) atoms. The van der Waals surface area contributed by atoms with E-state index in [-0.39, 0.29) is 5.78 Å². The Balaban J connectivity index is 3.00. The first kappa shape index (κ1) is 9.46. The van der Waals surface area contributed by atoms with Gasteiger partial charge in [-0.2, -0.15) is 0 Å². The van der Waals surface area contributed by atoms with Crippen molar-refractivity contribution in [3.8, 4) is 0 Å². The summed E-state index contributed by atoms with van der Waals surface area (Å²) in [5.74, 6) is 0.0545. The Morgan fingerprint density at radius 1 is 1.31 bits per heavy atom. The topological polar surface area (TPSA) is 17.1 Å². The van der Waals surface area contributed by atoms with E-state index in [1.54, 1.807) is 18.2 Å². The third-order valence-electron chi connectivity index (χ3n) is 1.71. The molecule has 1 aromatic carbocycles. The molecule has 0 atom stereocenters.